The first-order chi connectivity index (χ1) is 12.0. The Morgan fingerprint density at radius 3 is 2.32 bits per heavy atom. The molecule has 0 saturated heterocycles. The van der Waals surface area contributed by atoms with Crippen LogP contribution in [-0.2, 0) is 9.53 Å². The minimum Gasteiger partial charge on any atom is -0.497 e. The van der Waals surface area contributed by atoms with Gasteiger partial charge >= 0.3 is 5.97 Å². The van der Waals surface area contributed by atoms with E-state index in [4.69, 9.17) is 37.4 Å². The highest BCUT2D eigenvalue weighted by molar-refractivity contribution is 6.39. The second-order valence-corrected chi connectivity index (χ2v) is 5.60. The van der Waals surface area contributed by atoms with Crippen LogP contribution in [-0.4, -0.2) is 32.7 Å². The van der Waals surface area contributed by atoms with Gasteiger partial charge in [0.15, 0.2) is 6.61 Å². The summed E-state index contributed by atoms with van der Waals surface area (Å²) in [5.74, 6) is -0.364. The minimum absolute atomic E-state index is 0.0117. The average Bonchev–Trinajstić information content (AvgIpc) is 2.59. The zero-order valence-corrected chi connectivity index (χ0v) is 15.0. The van der Waals surface area contributed by atoms with Crippen LogP contribution in [0.15, 0.2) is 36.4 Å². The number of carbonyl (C=O) groups excluding carboxylic acids is 2. The van der Waals surface area contributed by atoms with Crippen LogP contribution in [0.2, 0.25) is 10.0 Å². The molecule has 0 saturated carbocycles. The molecule has 132 valence electrons. The van der Waals surface area contributed by atoms with Crippen LogP contribution in [0.1, 0.15) is 10.4 Å². The maximum Gasteiger partial charge on any atom is 0.341 e. The predicted molar refractivity (Wildman–Crippen MR) is 94.9 cm³/mol. The molecule has 1 N–H and O–H groups in total. The summed E-state index contributed by atoms with van der Waals surface area (Å²) in [6.07, 6.45) is 0. The van der Waals surface area contributed by atoms with E-state index >= 15 is 0 Å². The molecule has 2 aromatic carbocycles. The van der Waals surface area contributed by atoms with Crippen molar-refractivity contribution in [3.8, 4) is 11.5 Å². The molecule has 6 nitrogen and oxygen atoms in total. The first kappa shape index (κ1) is 18.9. The van der Waals surface area contributed by atoms with Crippen molar-refractivity contribution in [3.63, 3.8) is 0 Å². The Bertz CT molecular complexity index is 774. The molecule has 0 aliphatic carbocycles. The molecule has 0 aliphatic heterocycles. The van der Waals surface area contributed by atoms with Gasteiger partial charge in [0.05, 0.1) is 35.5 Å². The molecule has 1 amide bonds. The highest BCUT2D eigenvalue weighted by Crippen LogP contribution is 2.29. The summed E-state index contributed by atoms with van der Waals surface area (Å²) in [7, 11) is 2.97. The number of amides is 1. The summed E-state index contributed by atoms with van der Waals surface area (Å²) >= 11 is 11.9. The van der Waals surface area contributed by atoms with Gasteiger partial charge in [-0.15, -0.1) is 0 Å². The van der Waals surface area contributed by atoms with Gasteiger partial charge in [-0.05, 0) is 24.3 Å². The number of nitrogens with one attached hydrogen (secondary N) is 1. The van der Waals surface area contributed by atoms with Gasteiger partial charge in [-0.1, -0.05) is 29.3 Å². The summed E-state index contributed by atoms with van der Waals surface area (Å²) in [6, 6.07) is 9.53. The number of anilines is 1. The number of ether oxygens (including phenoxy) is 3. The smallest absolute Gasteiger partial charge is 0.341 e. The zero-order chi connectivity index (χ0) is 18.4. The first-order valence-electron chi connectivity index (χ1n) is 7.09. The first-order valence-corrected chi connectivity index (χ1v) is 7.85. The van der Waals surface area contributed by atoms with Crippen molar-refractivity contribution in [2.45, 2.75) is 0 Å². The molecule has 0 unspecified atom stereocenters. The van der Waals surface area contributed by atoms with Crippen LogP contribution >= 0.6 is 23.2 Å². The topological polar surface area (TPSA) is 73.9 Å². The number of carbonyl (C=O) groups is 2. The van der Waals surface area contributed by atoms with Crippen molar-refractivity contribution in [1.29, 1.82) is 0 Å². The molecular weight excluding hydrogens is 369 g/mol. The molecular formula is C17H15Cl2NO5. The van der Waals surface area contributed by atoms with E-state index in [1.54, 1.807) is 24.3 Å². The molecule has 0 aliphatic rings. The highest BCUT2D eigenvalue weighted by Gasteiger charge is 2.18. The van der Waals surface area contributed by atoms with Gasteiger partial charge in [0.25, 0.3) is 5.91 Å². The highest BCUT2D eigenvalue weighted by atomic mass is 35.5. The third-order valence-electron chi connectivity index (χ3n) is 3.18. The Morgan fingerprint density at radius 2 is 1.72 bits per heavy atom. The lowest BCUT2D eigenvalue weighted by atomic mass is 10.2. The fourth-order valence-corrected chi connectivity index (χ4v) is 2.55. The lowest BCUT2D eigenvalue weighted by molar-refractivity contribution is -0.119. The fraction of sp³-hybridized carbons (Fsp3) is 0.176. The van der Waals surface area contributed by atoms with Crippen molar-refractivity contribution in [2.24, 2.45) is 0 Å². The monoisotopic (exact) mass is 383 g/mol. The number of rotatable bonds is 6. The maximum absolute atomic E-state index is 12.1. The van der Waals surface area contributed by atoms with Crippen LogP contribution < -0.4 is 14.8 Å². The molecule has 0 radical (unpaired) electrons. The third-order valence-corrected chi connectivity index (χ3v) is 3.81. The van der Waals surface area contributed by atoms with Crippen molar-refractivity contribution < 1.29 is 23.8 Å². The van der Waals surface area contributed by atoms with Crippen LogP contribution in [0.5, 0.6) is 11.5 Å². The molecule has 0 bridgehead atoms. The standard InChI is InChI=1S/C17H15Cl2NO5/c1-23-10-6-7-14(24-2)13(8-10)20-15(21)9-25-17(22)16-11(18)4-3-5-12(16)19/h3-8H,9H2,1-2H3,(H,20,21). The van der Waals surface area contributed by atoms with E-state index in [0.29, 0.717) is 17.2 Å². The van der Waals surface area contributed by atoms with Gasteiger partial charge in [0.2, 0.25) is 0 Å². The maximum atomic E-state index is 12.1. The van der Waals surface area contributed by atoms with E-state index in [0.717, 1.165) is 0 Å². The quantitative estimate of drug-likeness (QED) is 0.767. The van der Waals surface area contributed by atoms with Gasteiger partial charge in [0.1, 0.15) is 11.5 Å². The molecule has 0 heterocycles. The summed E-state index contributed by atoms with van der Waals surface area (Å²) in [4.78, 5) is 24.1. The molecule has 8 heteroatoms. The number of halogens is 2. The van der Waals surface area contributed by atoms with E-state index in [-0.39, 0.29) is 15.6 Å². The third kappa shape index (κ3) is 4.78. The van der Waals surface area contributed by atoms with Gasteiger partial charge in [-0.3, -0.25) is 4.79 Å². The Hall–Kier alpha value is -2.44. The number of methoxy groups -OCH3 is 2. The molecule has 0 fully saturated rings. The average molecular weight is 384 g/mol. The molecule has 0 atom stereocenters. The minimum atomic E-state index is -0.789. The van der Waals surface area contributed by atoms with Crippen molar-refractivity contribution >= 4 is 40.8 Å². The molecule has 25 heavy (non-hydrogen) atoms. The second kappa shape index (κ2) is 8.60. The SMILES string of the molecule is COc1ccc(OC)c(NC(=O)COC(=O)c2c(Cl)cccc2Cl)c1. The molecule has 0 spiro atoms. The second-order valence-electron chi connectivity index (χ2n) is 4.79. The largest absolute Gasteiger partial charge is 0.497 e. The van der Waals surface area contributed by atoms with Gasteiger partial charge < -0.3 is 19.5 Å². The molecule has 2 rings (SSSR count). The van der Waals surface area contributed by atoms with Crippen molar-refractivity contribution in [2.75, 3.05) is 26.1 Å². The number of benzene rings is 2. The molecule has 2 aromatic rings. The van der Waals surface area contributed by atoms with E-state index < -0.39 is 18.5 Å². The summed E-state index contributed by atoms with van der Waals surface area (Å²) in [5.41, 5.74) is 0.399. The van der Waals surface area contributed by atoms with E-state index in [2.05, 4.69) is 5.32 Å². The van der Waals surface area contributed by atoms with E-state index in [9.17, 15) is 9.59 Å². The van der Waals surface area contributed by atoms with E-state index in [1.165, 1.54) is 26.4 Å². The lowest BCUT2D eigenvalue weighted by Crippen LogP contribution is -2.21. The van der Waals surface area contributed by atoms with Crippen LogP contribution in [0.3, 0.4) is 0 Å². The normalized spacial score (nSPS) is 10.1. The van der Waals surface area contributed by atoms with Gasteiger partial charge in [-0.25, -0.2) is 4.79 Å². The van der Waals surface area contributed by atoms with Crippen LogP contribution in [0.4, 0.5) is 5.69 Å². The Kier molecular flexibility index (Phi) is 6.50. The Morgan fingerprint density at radius 1 is 1.04 bits per heavy atom. The summed E-state index contributed by atoms with van der Waals surface area (Å²) < 4.78 is 15.2. The van der Waals surface area contributed by atoms with Gasteiger partial charge in [0, 0.05) is 6.07 Å². The van der Waals surface area contributed by atoms with Gasteiger partial charge in [-0.2, -0.15) is 0 Å². The summed E-state index contributed by atoms with van der Waals surface area (Å²) in [6.45, 7) is -0.513. The van der Waals surface area contributed by atoms with Crippen LogP contribution in [0, 0.1) is 0 Å². The Balaban J connectivity index is 2.03. The lowest BCUT2D eigenvalue weighted by Gasteiger charge is -2.12. The van der Waals surface area contributed by atoms with Crippen LogP contribution in [0.25, 0.3) is 0 Å². The van der Waals surface area contributed by atoms with Crippen molar-refractivity contribution in [1.82, 2.24) is 0 Å². The number of esters is 1. The molecule has 0 aromatic heterocycles. The van der Waals surface area contributed by atoms with Crippen molar-refractivity contribution in [3.05, 3.63) is 52.0 Å². The zero-order valence-electron chi connectivity index (χ0n) is 13.5. The fourth-order valence-electron chi connectivity index (χ4n) is 1.99. The Labute approximate surface area is 154 Å². The van der Waals surface area contributed by atoms with E-state index in [1.807, 2.05) is 0 Å². The number of hydrogen-bond acceptors (Lipinski definition) is 5. The summed E-state index contributed by atoms with van der Waals surface area (Å²) in [5, 5.41) is 2.88. The predicted octanol–water partition coefficient (Wildman–Crippen LogP) is 3.81. The number of hydrogen-bond donors (Lipinski definition) is 1.